The van der Waals surface area contributed by atoms with Gasteiger partial charge in [-0.05, 0) is 44.0 Å². The second-order valence-corrected chi connectivity index (χ2v) is 5.39. The monoisotopic (exact) mass is 232 g/mol. The van der Waals surface area contributed by atoms with Crippen molar-refractivity contribution in [1.82, 2.24) is 10.2 Å². The molecule has 0 aromatic heterocycles. The van der Waals surface area contributed by atoms with Crippen LogP contribution in [0, 0.1) is 5.92 Å². The Labute approximate surface area is 105 Å². The van der Waals surface area contributed by atoms with Crippen LogP contribution >= 0.6 is 0 Å². The van der Waals surface area contributed by atoms with Crippen LogP contribution in [0.2, 0.25) is 0 Å². The van der Waals surface area contributed by atoms with Crippen molar-refractivity contribution in [3.05, 3.63) is 35.9 Å². The topological polar surface area (TPSA) is 15.3 Å². The van der Waals surface area contributed by atoms with E-state index < -0.39 is 0 Å². The van der Waals surface area contributed by atoms with Crippen LogP contribution in [0.1, 0.15) is 24.8 Å². The third-order valence-electron chi connectivity index (χ3n) is 3.74. The van der Waals surface area contributed by atoms with E-state index in [9.17, 15) is 0 Å². The lowest BCUT2D eigenvalue weighted by Crippen LogP contribution is -2.28. The molecule has 0 amide bonds. The Morgan fingerprint density at radius 3 is 2.76 bits per heavy atom. The van der Waals surface area contributed by atoms with Crippen LogP contribution < -0.4 is 5.32 Å². The van der Waals surface area contributed by atoms with Gasteiger partial charge in [0.25, 0.3) is 0 Å². The highest BCUT2D eigenvalue weighted by molar-refractivity contribution is 5.18. The zero-order chi connectivity index (χ0) is 12.1. The highest BCUT2D eigenvalue weighted by Crippen LogP contribution is 2.15. The number of nitrogens with one attached hydrogen (secondary N) is 1. The summed E-state index contributed by atoms with van der Waals surface area (Å²) in [4.78, 5) is 2.42. The summed E-state index contributed by atoms with van der Waals surface area (Å²) in [5.74, 6) is 1.46. The molecule has 0 radical (unpaired) electrons. The standard InChI is InChI=1S/C15H24N2/c1-13(15-6-4-3-5-7-15)10-16-11-14-8-9-17(2)12-14/h3-7,13-14,16H,8-12H2,1-2H3. The molecule has 2 atom stereocenters. The van der Waals surface area contributed by atoms with E-state index >= 15 is 0 Å². The van der Waals surface area contributed by atoms with Crippen LogP contribution in [-0.2, 0) is 0 Å². The Kier molecular flexibility index (Phi) is 4.57. The maximum atomic E-state index is 3.62. The van der Waals surface area contributed by atoms with Crippen LogP contribution in [0.3, 0.4) is 0 Å². The SMILES string of the molecule is CC(CNCC1CCN(C)C1)c1ccccc1. The van der Waals surface area contributed by atoms with Crippen LogP contribution in [0.25, 0.3) is 0 Å². The second kappa shape index (κ2) is 6.18. The molecular weight excluding hydrogens is 208 g/mol. The molecule has 2 nitrogen and oxygen atoms in total. The first-order chi connectivity index (χ1) is 8.25. The van der Waals surface area contributed by atoms with E-state index in [1.165, 1.54) is 31.6 Å². The summed E-state index contributed by atoms with van der Waals surface area (Å²) < 4.78 is 0. The number of hydrogen-bond acceptors (Lipinski definition) is 2. The predicted molar refractivity (Wildman–Crippen MR) is 73.3 cm³/mol. The van der Waals surface area contributed by atoms with Crippen molar-refractivity contribution in [1.29, 1.82) is 0 Å². The van der Waals surface area contributed by atoms with Crippen molar-refractivity contribution in [3.8, 4) is 0 Å². The van der Waals surface area contributed by atoms with Gasteiger partial charge in [0.2, 0.25) is 0 Å². The lowest BCUT2D eigenvalue weighted by Gasteiger charge is -2.15. The molecule has 1 N–H and O–H groups in total. The van der Waals surface area contributed by atoms with Gasteiger partial charge in [-0.1, -0.05) is 37.3 Å². The van der Waals surface area contributed by atoms with E-state index in [2.05, 4.69) is 54.5 Å². The zero-order valence-electron chi connectivity index (χ0n) is 11.0. The number of nitrogens with zero attached hydrogens (tertiary/aromatic N) is 1. The van der Waals surface area contributed by atoms with Gasteiger partial charge >= 0.3 is 0 Å². The van der Waals surface area contributed by atoms with Crippen molar-refractivity contribution in [2.24, 2.45) is 5.92 Å². The minimum Gasteiger partial charge on any atom is -0.316 e. The molecule has 17 heavy (non-hydrogen) atoms. The lowest BCUT2D eigenvalue weighted by molar-refractivity contribution is 0.387. The quantitative estimate of drug-likeness (QED) is 0.838. The summed E-state index contributed by atoms with van der Waals surface area (Å²) in [6, 6.07) is 10.8. The molecule has 1 heterocycles. The van der Waals surface area contributed by atoms with Crippen LogP contribution in [-0.4, -0.2) is 38.1 Å². The van der Waals surface area contributed by atoms with E-state index in [0.717, 1.165) is 12.5 Å². The third kappa shape index (κ3) is 3.83. The van der Waals surface area contributed by atoms with E-state index in [0.29, 0.717) is 5.92 Å². The predicted octanol–water partition coefficient (Wildman–Crippen LogP) is 2.33. The molecule has 0 aliphatic carbocycles. The molecule has 2 unspecified atom stereocenters. The molecule has 0 bridgehead atoms. The summed E-state index contributed by atoms with van der Waals surface area (Å²) >= 11 is 0. The van der Waals surface area contributed by atoms with E-state index in [1.807, 2.05) is 0 Å². The highest BCUT2D eigenvalue weighted by Gasteiger charge is 2.18. The van der Waals surface area contributed by atoms with Crippen molar-refractivity contribution >= 4 is 0 Å². The molecule has 1 saturated heterocycles. The molecule has 2 heteroatoms. The van der Waals surface area contributed by atoms with Gasteiger partial charge in [-0.2, -0.15) is 0 Å². The van der Waals surface area contributed by atoms with Gasteiger partial charge in [-0.25, -0.2) is 0 Å². The molecule has 2 rings (SSSR count). The Hall–Kier alpha value is -0.860. The first kappa shape index (κ1) is 12.6. The number of rotatable bonds is 5. The van der Waals surface area contributed by atoms with E-state index in [-0.39, 0.29) is 0 Å². The Morgan fingerprint density at radius 2 is 2.12 bits per heavy atom. The summed E-state index contributed by atoms with van der Waals surface area (Å²) in [6.07, 6.45) is 1.35. The molecule has 1 aliphatic heterocycles. The zero-order valence-corrected chi connectivity index (χ0v) is 11.0. The van der Waals surface area contributed by atoms with E-state index in [1.54, 1.807) is 0 Å². The van der Waals surface area contributed by atoms with Gasteiger partial charge in [0, 0.05) is 13.1 Å². The molecular formula is C15H24N2. The summed E-state index contributed by atoms with van der Waals surface area (Å²) in [7, 11) is 2.21. The third-order valence-corrected chi connectivity index (χ3v) is 3.74. The molecule has 1 aromatic carbocycles. The molecule has 1 aromatic rings. The fourth-order valence-electron chi connectivity index (χ4n) is 2.60. The number of likely N-dealkylation sites (tertiary alicyclic amines) is 1. The summed E-state index contributed by atoms with van der Waals surface area (Å²) in [5.41, 5.74) is 1.43. The highest BCUT2D eigenvalue weighted by atomic mass is 15.1. The normalized spacial score (nSPS) is 22.8. The largest absolute Gasteiger partial charge is 0.316 e. The van der Waals surface area contributed by atoms with Crippen molar-refractivity contribution in [3.63, 3.8) is 0 Å². The molecule has 1 aliphatic rings. The smallest absolute Gasteiger partial charge is 0.00192 e. The Balaban J connectivity index is 1.68. The van der Waals surface area contributed by atoms with Gasteiger partial charge in [0.15, 0.2) is 0 Å². The van der Waals surface area contributed by atoms with Crippen molar-refractivity contribution in [2.75, 3.05) is 33.2 Å². The fraction of sp³-hybridized carbons (Fsp3) is 0.600. The van der Waals surface area contributed by atoms with Gasteiger partial charge in [0.1, 0.15) is 0 Å². The van der Waals surface area contributed by atoms with Gasteiger partial charge in [-0.3, -0.25) is 0 Å². The van der Waals surface area contributed by atoms with Gasteiger partial charge in [-0.15, -0.1) is 0 Å². The number of benzene rings is 1. The Bertz CT molecular complexity index is 323. The van der Waals surface area contributed by atoms with E-state index in [4.69, 9.17) is 0 Å². The minimum absolute atomic E-state index is 0.607. The maximum Gasteiger partial charge on any atom is 0.00192 e. The second-order valence-electron chi connectivity index (χ2n) is 5.39. The minimum atomic E-state index is 0.607. The first-order valence-corrected chi connectivity index (χ1v) is 6.70. The van der Waals surface area contributed by atoms with Gasteiger partial charge in [0.05, 0.1) is 0 Å². The average Bonchev–Trinajstić information content (AvgIpc) is 2.76. The summed E-state index contributed by atoms with van der Waals surface area (Å²) in [5, 5.41) is 3.62. The van der Waals surface area contributed by atoms with Crippen LogP contribution in [0.4, 0.5) is 0 Å². The van der Waals surface area contributed by atoms with Crippen LogP contribution in [0.5, 0.6) is 0 Å². The number of hydrogen-bond donors (Lipinski definition) is 1. The van der Waals surface area contributed by atoms with Crippen molar-refractivity contribution in [2.45, 2.75) is 19.3 Å². The Morgan fingerprint density at radius 1 is 1.35 bits per heavy atom. The molecule has 94 valence electrons. The average molecular weight is 232 g/mol. The maximum absolute atomic E-state index is 3.62. The molecule has 0 spiro atoms. The van der Waals surface area contributed by atoms with Crippen molar-refractivity contribution < 1.29 is 0 Å². The fourth-order valence-corrected chi connectivity index (χ4v) is 2.60. The lowest BCUT2D eigenvalue weighted by atomic mass is 10.0. The summed E-state index contributed by atoms with van der Waals surface area (Å²) in [6.45, 7) is 7.07. The first-order valence-electron chi connectivity index (χ1n) is 6.70. The molecule has 1 fully saturated rings. The van der Waals surface area contributed by atoms with Gasteiger partial charge < -0.3 is 10.2 Å². The molecule has 0 saturated carbocycles. The van der Waals surface area contributed by atoms with Crippen LogP contribution in [0.15, 0.2) is 30.3 Å².